The van der Waals surface area contributed by atoms with Crippen molar-refractivity contribution in [1.29, 1.82) is 0 Å². The highest BCUT2D eigenvalue weighted by molar-refractivity contribution is 7.80. The minimum atomic E-state index is -0.392. The number of pyridine rings is 1. The van der Waals surface area contributed by atoms with Gasteiger partial charge in [0.25, 0.3) is 0 Å². The number of ether oxygens (including phenoxy) is 1. The molecule has 0 unspecified atom stereocenters. The first-order valence-corrected chi connectivity index (χ1v) is 13.9. The van der Waals surface area contributed by atoms with Crippen molar-refractivity contribution in [3.05, 3.63) is 107 Å². The number of amides is 1. The molecule has 8 nitrogen and oxygen atoms in total. The molecule has 210 valence electrons. The molecule has 0 radical (unpaired) electrons. The van der Waals surface area contributed by atoms with Crippen LogP contribution in [0.2, 0.25) is 0 Å². The van der Waals surface area contributed by atoms with Crippen molar-refractivity contribution in [3.8, 4) is 5.69 Å². The molecule has 41 heavy (non-hydrogen) atoms. The van der Waals surface area contributed by atoms with Crippen LogP contribution in [0.5, 0.6) is 0 Å². The van der Waals surface area contributed by atoms with Gasteiger partial charge in [-0.05, 0) is 92.6 Å². The molecule has 1 amide bonds. The predicted octanol–water partition coefficient (Wildman–Crippen LogP) is 6.11. The molecular formula is C32H33N5O3S. The van der Waals surface area contributed by atoms with Gasteiger partial charge in [-0.3, -0.25) is 9.78 Å². The molecule has 0 bridgehead atoms. The third-order valence-corrected chi connectivity index (χ3v) is 7.84. The quantitative estimate of drug-likeness (QED) is 0.206. The van der Waals surface area contributed by atoms with E-state index in [1.54, 1.807) is 12.3 Å². The summed E-state index contributed by atoms with van der Waals surface area (Å²) in [7, 11) is 1.39. The van der Waals surface area contributed by atoms with Crippen LogP contribution in [0.3, 0.4) is 0 Å². The number of anilines is 2. The normalized spacial score (nSPS) is 16.4. The van der Waals surface area contributed by atoms with E-state index in [2.05, 4.69) is 38.1 Å². The molecule has 2 aromatic heterocycles. The highest BCUT2D eigenvalue weighted by Crippen LogP contribution is 2.44. The number of thiocarbonyl (C=S) groups is 1. The summed E-state index contributed by atoms with van der Waals surface area (Å²) >= 11 is 5.94. The third kappa shape index (κ3) is 5.20. The number of hydrogen-bond acceptors (Lipinski definition) is 5. The van der Waals surface area contributed by atoms with Gasteiger partial charge in [0, 0.05) is 35.4 Å². The third-order valence-electron chi connectivity index (χ3n) is 7.52. The van der Waals surface area contributed by atoms with Gasteiger partial charge in [0.05, 0.1) is 36.1 Å². The minimum absolute atomic E-state index is 0.0352. The Labute approximate surface area is 245 Å². The Balaban J connectivity index is 1.66. The largest absolute Gasteiger partial charge is 0.465 e. The number of rotatable bonds is 7. The Hall–Kier alpha value is -4.50. The van der Waals surface area contributed by atoms with E-state index in [1.807, 2.05) is 75.4 Å². The first-order valence-electron chi connectivity index (χ1n) is 13.5. The van der Waals surface area contributed by atoms with Gasteiger partial charge in [0.1, 0.15) is 0 Å². The monoisotopic (exact) mass is 567 g/mol. The molecular weight excluding hydrogens is 534 g/mol. The van der Waals surface area contributed by atoms with Crippen LogP contribution in [0.4, 0.5) is 11.4 Å². The molecule has 1 saturated heterocycles. The molecule has 2 atom stereocenters. The van der Waals surface area contributed by atoms with Crippen LogP contribution in [0.15, 0.2) is 72.9 Å². The number of esters is 1. The highest BCUT2D eigenvalue weighted by Gasteiger charge is 2.42. The minimum Gasteiger partial charge on any atom is -0.465 e. The summed E-state index contributed by atoms with van der Waals surface area (Å²) in [6.45, 7) is 7.89. The number of benzene rings is 2. The fourth-order valence-electron chi connectivity index (χ4n) is 5.53. The number of carbonyl (C=O) groups excluding carboxylic acids is 2. The Kier molecular flexibility index (Phi) is 7.90. The number of para-hydroxylation sites is 1. The molecule has 3 heterocycles. The van der Waals surface area contributed by atoms with Crippen LogP contribution in [0.1, 0.15) is 64.0 Å². The van der Waals surface area contributed by atoms with Gasteiger partial charge >= 0.3 is 5.97 Å². The summed E-state index contributed by atoms with van der Waals surface area (Å²) in [6, 6.07) is 20.9. The molecule has 9 heteroatoms. The number of aromatic nitrogens is 2. The zero-order chi connectivity index (χ0) is 29.3. The molecule has 1 aliphatic heterocycles. The van der Waals surface area contributed by atoms with Gasteiger partial charge in [-0.25, -0.2) is 4.79 Å². The number of hydrogen-bond donors (Lipinski definition) is 2. The zero-order valence-electron chi connectivity index (χ0n) is 23.8. The van der Waals surface area contributed by atoms with Crippen molar-refractivity contribution in [2.45, 2.75) is 46.2 Å². The maximum absolute atomic E-state index is 12.7. The summed E-state index contributed by atoms with van der Waals surface area (Å²) in [4.78, 5) is 31.5. The first kappa shape index (κ1) is 28.0. The average molecular weight is 568 g/mol. The lowest BCUT2D eigenvalue weighted by Crippen LogP contribution is -2.29. The number of carbonyl (C=O) groups is 2. The van der Waals surface area contributed by atoms with Crippen LogP contribution in [0, 0.1) is 20.8 Å². The fourth-order valence-corrected chi connectivity index (χ4v) is 5.88. The van der Waals surface area contributed by atoms with E-state index in [4.69, 9.17) is 17.0 Å². The summed E-state index contributed by atoms with van der Waals surface area (Å²) in [5.74, 6) is -0.427. The smallest absolute Gasteiger partial charge is 0.339 e. The van der Waals surface area contributed by atoms with Gasteiger partial charge < -0.3 is 24.8 Å². The van der Waals surface area contributed by atoms with Crippen LogP contribution >= 0.6 is 12.2 Å². The van der Waals surface area contributed by atoms with E-state index in [9.17, 15) is 9.59 Å². The van der Waals surface area contributed by atoms with E-state index in [1.165, 1.54) is 7.11 Å². The Morgan fingerprint density at radius 2 is 1.80 bits per heavy atom. The maximum atomic E-state index is 12.7. The Morgan fingerprint density at radius 3 is 2.49 bits per heavy atom. The van der Waals surface area contributed by atoms with Gasteiger partial charge in [-0.15, -0.1) is 0 Å². The molecule has 0 spiro atoms. The summed E-state index contributed by atoms with van der Waals surface area (Å²) in [5.41, 5.74) is 7.71. The van der Waals surface area contributed by atoms with Gasteiger partial charge in [-0.2, -0.15) is 0 Å². The average Bonchev–Trinajstić information content (AvgIpc) is 3.48. The fraction of sp³-hybridized carbons (Fsp3) is 0.250. The Morgan fingerprint density at radius 1 is 1.05 bits per heavy atom. The first-order chi connectivity index (χ1) is 19.7. The second kappa shape index (κ2) is 11.5. The van der Waals surface area contributed by atoms with Crippen molar-refractivity contribution in [3.63, 3.8) is 0 Å². The van der Waals surface area contributed by atoms with Crippen LogP contribution in [-0.4, -0.2) is 33.6 Å². The number of nitrogens with one attached hydrogen (secondary N) is 2. The van der Waals surface area contributed by atoms with Crippen molar-refractivity contribution in [2.75, 3.05) is 17.3 Å². The molecule has 4 aromatic rings. The predicted molar refractivity (Wildman–Crippen MR) is 165 cm³/mol. The van der Waals surface area contributed by atoms with Gasteiger partial charge in [-0.1, -0.05) is 25.1 Å². The summed E-state index contributed by atoms with van der Waals surface area (Å²) in [6.07, 6.45) is 2.19. The number of methoxy groups -OCH3 is 1. The lowest BCUT2D eigenvalue weighted by Gasteiger charge is -2.29. The zero-order valence-corrected chi connectivity index (χ0v) is 24.6. The summed E-state index contributed by atoms with van der Waals surface area (Å²) < 4.78 is 7.17. The molecule has 0 aliphatic carbocycles. The standard InChI is InChI=1S/C32H33N5O3S/c1-6-28(38)34-25-15-14-22(17-19(25)2)37-30(29(35-32(37)41)26-12-9-10-16-33-26)24-18-20(3)36(21(24)4)27-13-8-7-11-23(27)31(39)40-5/h7-18,29-30H,6H2,1-5H3,(H,34,38)(H,35,41)/t29-,30-/m1/s1. The topological polar surface area (TPSA) is 88.5 Å². The number of nitrogens with zero attached hydrogens (tertiary/aromatic N) is 3. The van der Waals surface area contributed by atoms with Crippen LogP contribution < -0.4 is 15.5 Å². The van der Waals surface area contributed by atoms with Gasteiger partial charge in [0.2, 0.25) is 5.91 Å². The van der Waals surface area contributed by atoms with Crippen molar-refractivity contribution in [1.82, 2.24) is 14.9 Å². The highest BCUT2D eigenvalue weighted by atomic mass is 32.1. The molecule has 0 saturated carbocycles. The van der Waals surface area contributed by atoms with Crippen LogP contribution in [-0.2, 0) is 9.53 Å². The number of aryl methyl sites for hydroxylation is 2. The summed E-state index contributed by atoms with van der Waals surface area (Å²) in [5, 5.41) is 7.06. The van der Waals surface area contributed by atoms with Crippen molar-refractivity contribution in [2.24, 2.45) is 0 Å². The van der Waals surface area contributed by atoms with Gasteiger partial charge in [0.15, 0.2) is 5.11 Å². The molecule has 5 rings (SSSR count). The van der Waals surface area contributed by atoms with E-state index in [-0.39, 0.29) is 18.0 Å². The second-order valence-electron chi connectivity index (χ2n) is 10.1. The molecule has 2 aromatic carbocycles. The van der Waals surface area contributed by atoms with Crippen LogP contribution in [0.25, 0.3) is 5.69 Å². The lowest BCUT2D eigenvalue weighted by atomic mass is 9.96. The second-order valence-corrected chi connectivity index (χ2v) is 10.5. The van der Waals surface area contributed by atoms with E-state index < -0.39 is 5.97 Å². The van der Waals surface area contributed by atoms with Crippen molar-refractivity contribution < 1.29 is 14.3 Å². The van der Waals surface area contributed by atoms with Crippen molar-refractivity contribution >= 4 is 40.6 Å². The van der Waals surface area contributed by atoms with E-state index in [0.717, 1.165) is 45.3 Å². The lowest BCUT2D eigenvalue weighted by molar-refractivity contribution is -0.115. The SMILES string of the molecule is CCC(=O)Nc1ccc(N2C(=S)N[C@H](c3ccccn3)[C@H]2c2cc(C)n(-c3ccccc3C(=O)OC)c2C)cc1C. The van der Waals surface area contributed by atoms with E-state index >= 15 is 0 Å². The Bertz CT molecular complexity index is 1630. The molecule has 1 fully saturated rings. The van der Waals surface area contributed by atoms with E-state index in [0.29, 0.717) is 17.1 Å². The molecule has 2 N–H and O–H groups in total. The maximum Gasteiger partial charge on any atom is 0.339 e. The molecule has 1 aliphatic rings.